The van der Waals surface area contributed by atoms with Crippen molar-refractivity contribution in [3.05, 3.63) is 96.1 Å². The largest absolute Gasteiger partial charge is 0.489 e. The molecule has 0 saturated carbocycles. The van der Waals surface area contributed by atoms with Crippen molar-refractivity contribution in [2.45, 2.75) is 26.1 Å². The summed E-state index contributed by atoms with van der Waals surface area (Å²) in [5.41, 5.74) is 1.46. The standard InChI is InChI=1S/C24H24N2O2/c1-17(2)24(27,23-14-25-16-26-23)21-10-8-20-13-22(11-9-19(20)12-21)28-15-18-6-4-3-5-7-18/h3-14,16-17,27H,15H2,1-2H3,(H,25,26). The van der Waals surface area contributed by atoms with Gasteiger partial charge in [-0.15, -0.1) is 0 Å². The molecular weight excluding hydrogens is 348 g/mol. The number of hydrogen-bond acceptors (Lipinski definition) is 3. The maximum Gasteiger partial charge on any atom is 0.135 e. The summed E-state index contributed by atoms with van der Waals surface area (Å²) in [4.78, 5) is 7.25. The topological polar surface area (TPSA) is 58.1 Å². The Morgan fingerprint density at radius 2 is 1.75 bits per heavy atom. The van der Waals surface area contributed by atoms with Crippen LogP contribution in [0.4, 0.5) is 0 Å². The van der Waals surface area contributed by atoms with E-state index in [0.717, 1.165) is 27.6 Å². The van der Waals surface area contributed by atoms with Crippen LogP contribution in [0.3, 0.4) is 0 Å². The number of aromatic nitrogens is 2. The molecule has 3 aromatic carbocycles. The van der Waals surface area contributed by atoms with Crippen LogP contribution in [0.2, 0.25) is 0 Å². The van der Waals surface area contributed by atoms with Crippen molar-refractivity contribution in [3.8, 4) is 5.75 Å². The molecule has 4 rings (SSSR count). The molecule has 1 aromatic heterocycles. The van der Waals surface area contributed by atoms with Crippen LogP contribution in [0.5, 0.6) is 5.75 Å². The fourth-order valence-electron chi connectivity index (χ4n) is 3.54. The molecule has 0 aliphatic rings. The van der Waals surface area contributed by atoms with Gasteiger partial charge in [0.2, 0.25) is 0 Å². The highest BCUT2D eigenvalue weighted by Gasteiger charge is 2.37. The smallest absolute Gasteiger partial charge is 0.135 e. The van der Waals surface area contributed by atoms with E-state index in [1.54, 1.807) is 12.5 Å². The first-order valence-corrected chi connectivity index (χ1v) is 9.50. The summed E-state index contributed by atoms with van der Waals surface area (Å²) in [7, 11) is 0. The summed E-state index contributed by atoms with van der Waals surface area (Å²) in [5.74, 6) is 0.803. The van der Waals surface area contributed by atoms with E-state index in [4.69, 9.17) is 4.74 Å². The van der Waals surface area contributed by atoms with Gasteiger partial charge in [0.1, 0.15) is 18.0 Å². The third-order valence-corrected chi connectivity index (χ3v) is 5.22. The second kappa shape index (κ2) is 7.49. The van der Waals surface area contributed by atoms with Crippen molar-refractivity contribution in [1.82, 2.24) is 9.97 Å². The molecule has 0 amide bonds. The van der Waals surface area contributed by atoms with Gasteiger partial charge in [-0.3, -0.25) is 0 Å². The number of hydrogen-bond donors (Lipinski definition) is 2. The van der Waals surface area contributed by atoms with E-state index < -0.39 is 5.60 Å². The molecule has 4 heteroatoms. The average Bonchev–Trinajstić information content (AvgIpc) is 3.27. The summed E-state index contributed by atoms with van der Waals surface area (Å²) in [6.45, 7) is 4.54. The molecule has 0 fully saturated rings. The Balaban J connectivity index is 1.63. The minimum absolute atomic E-state index is 0.0262. The van der Waals surface area contributed by atoms with Crippen LogP contribution in [0.15, 0.2) is 79.3 Å². The van der Waals surface area contributed by atoms with Gasteiger partial charge in [0.05, 0.1) is 12.0 Å². The number of nitrogens with one attached hydrogen (secondary N) is 1. The molecule has 0 saturated heterocycles. The Bertz CT molecular complexity index is 1060. The first-order chi connectivity index (χ1) is 13.6. The number of rotatable bonds is 6. The number of nitrogens with zero attached hydrogens (tertiary/aromatic N) is 1. The summed E-state index contributed by atoms with van der Waals surface area (Å²) >= 11 is 0. The van der Waals surface area contributed by atoms with Crippen LogP contribution < -0.4 is 4.74 Å². The summed E-state index contributed by atoms with van der Waals surface area (Å²) < 4.78 is 5.93. The second-order valence-electron chi connectivity index (χ2n) is 7.37. The van der Waals surface area contributed by atoms with E-state index in [-0.39, 0.29) is 5.92 Å². The number of benzene rings is 3. The zero-order valence-corrected chi connectivity index (χ0v) is 16.1. The number of aromatic amines is 1. The number of aliphatic hydroxyl groups is 1. The van der Waals surface area contributed by atoms with Crippen LogP contribution in [0.1, 0.15) is 30.7 Å². The van der Waals surface area contributed by atoms with Gasteiger partial charge in [-0.2, -0.15) is 0 Å². The SMILES string of the molecule is CC(C)C(O)(c1ccc2cc(OCc3ccccc3)ccc2c1)c1c[nH]cn1. The van der Waals surface area contributed by atoms with E-state index in [2.05, 4.69) is 22.1 Å². The molecule has 1 heterocycles. The van der Waals surface area contributed by atoms with Gasteiger partial charge < -0.3 is 14.8 Å². The quantitative estimate of drug-likeness (QED) is 0.499. The van der Waals surface area contributed by atoms with Gasteiger partial charge >= 0.3 is 0 Å². The van der Waals surface area contributed by atoms with Crippen molar-refractivity contribution < 1.29 is 9.84 Å². The Morgan fingerprint density at radius 3 is 2.46 bits per heavy atom. The number of ether oxygens (including phenoxy) is 1. The normalized spacial score (nSPS) is 13.6. The Labute approximate surface area is 164 Å². The van der Waals surface area contributed by atoms with Crippen molar-refractivity contribution in [2.24, 2.45) is 5.92 Å². The molecule has 0 bridgehead atoms. The molecule has 142 valence electrons. The Kier molecular flexibility index (Phi) is 4.88. The second-order valence-corrected chi connectivity index (χ2v) is 7.37. The van der Waals surface area contributed by atoms with Crippen LogP contribution in [-0.4, -0.2) is 15.1 Å². The molecule has 1 atom stereocenters. The number of H-pyrrole nitrogens is 1. The molecular formula is C24H24N2O2. The fraction of sp³-hybridized carbons (Fsp3) is 0.208. The fourth-order valence-corrected chi connectivity index (χ4v) is 3.54. The summed E-state index contributed by atoms with van der Waals surface area (Å²) in [6, 6.07) is 22.2. The highest BCUT2D eigenvalue weighted by atomic mass is 16.5. The third-order valence-electron chi connectivity index (χ3n) is 5.22. The lowest BCUT2D eigenvalue weighted by atomic mass is 9.80. The van der Waals surface area contributed by atoms with Crippen molar-refractivity contribution in [1.29, 1.82) is 0 Å². The highest BCUT2D eigenvalue weighted by molar-refractivity contribution is 5.84. The monoisotopic (exact) mass is 372 g/mol. The summed E-state index contributed by atoms with van der Waals surface area (Å²) in [5, 5.41) is 13.6. The molecule has 1 unspecified atom stereocenters. The van der Waals surface area contributed by atoms with E-state index in [0.29, 0.717) is 12.3 Å². The molecule has 0 radical (unpaired) electrons. The van der Waals surface area contributed by atoms with Crippen LogP contribution in [0, 0.1) is 5.92 Å². The minimum Gasteiger partial charge on any atom is -0.489 e. The van der Waals surface area contributed by atoms with Crippen LogP contribution in [-0.2, 0) is 12.2 Å². The Morgan fingerprint density at radius 1 is 1.00 bits per heavy atom. The van der Waals surface area contributed by atoms with Crippen LogP contribution >= 0.6 is 0 Å². The van der Waals surface area contributed by atoms with E-state index in [9.17, 15) is 5.11 Å². The molecule has 2 N–H and O–H groups in total. The zero-order chi connectivity index (χ0) is 19.6. The molecule has 0 aliphatic heterocycles. The molecule has 0 aliphatic carbocycles. The lowest BCUT2D eigenvalue weighted by Gasteiger charge is -2.31. The van der Waals surface area contributed by atoms with Gasteiger partial charge in [0, 0.05) is 6.20 Å². The minimum atomic E-state index is -1.14. The van der Waals surface area contributed by atoms with Gasteiger partial charge in [0.15, 0.2) is 0 Å². The molecule has 0 spiro atoms. The number of fused-ring (bicyclic) bond motifs is 1. The number of imidazole rings is 1. The van der Waals surface area contributed by atoms with Gasteiger partial charge in [-0.25, -0.2) is 4.98 Å². The van der Waals surface area contributed by atoms with Crippen molar-refractivity contribution >= 4 is 10.8 Å². The maximum atomic E-state index is 11.4. The molecule has 4 nitrogen and oxygen atoms in total. The van der Waals surface area contributed by atoms with Gasteiger partial charge in [0.25, 0.3) is 0 Å². The maximum absolute atomic E-state index is 11.4. The van der Waals surface area contributed by atoms with Gasteiger partial charge in [-0.05, 0) is 46.0 Å². The predicted octanol–water partition coefficient (Wildman–Crippen LogP) is 5.03. The van der Waals surface area contributed by atoms with E-state index >= 15 is 0 Å². The Hall–Kier alpha value is -3.11. The van der Waals surface area contributed by atoms with Gasteiger partial charge in [-0.1, -0.05) is 62.4 Å². The summed E-state index contributed by atoms with van der Waals surface area (Å²) in [6.07, 6.45) is 3.35. The third kappa shape index (κ3) is 3.39. The lowest BCUT2D eigenvalue weighted by Crippen LogP contribution is -2.33. The van der Waals surface area contributed by atoms with Crippen molar-refractivity contribution in [2.75, 3.05) is 0 Å². The molecule has 4 aromatic rings. The van der Waals surface area contributed by atoms with E-state index in [1.165, 1.54) is 0 Å². The molecule has 28 heavy (non-hydrogen) atoms. The highest BCUT2D eigenvalue weighted by Crippen LogP contribution is 2.37. The van der Waals surface area contributed by atoms with Crippen LogP contribution in [0.25, 0.3) is 10.8 Å². The van der Waals surface area contributed by atoms with E-state index in [1.807, 2.05) is 68.4 Å². The van der Waals surface area contributed by atoms with Crippen molar-refractivity contribution in [3.63, 3.8) is 0 Å². The zero-order valence-electron chi connectivity index (χ0n) is 16.1. The predicted molar refractivity (Wildman–Crippen MR) is 111 cm³/mol. The first kappa shape index (κ1) is 18.3. The average molecular weight is 372 g/mol. The first-order valence-electron chi connectivity index (χ1n) is 9.50. The lowest BCUT2D eigenvalue weighted by molar-refractivity contribution is 0.0281.